The van der Waals surface area contributed by atoms with Crippen molar-refractivity contribution in [2.75, 3.05) is 6.16 Å². The van der Waals surface area contributed by atoms with E-state index in [0.29, 0.717) is 0 Å². The smallest absolute Gasteiger partial charge is 0.0170 e. The molecule has 0 spiro atoms. The van der Waals surface area contributed by atoms with E-state index in [9.17, 15) is 0 Å². The van der Waals surface area contributed by atoms with E-state index in [0.717, 1.165) is 5.66 Å². The van der Waals surface area contributed by atoms with Gasteiger partial charge in [0.15, 0.2) is 0 Å². The van der Waals surface area contributed by atoms with Crippen molar-refractivity contribution in [2.45, 2.75) is 63.4 Å². The molecule has 0 nitrogen and oxygen atoms in total. The van der Waals surface area contributed by atoms with Crippen molar-refractivity contribution in [3.8, 4) is 0 Å². The van der Waals surface area contributed by atoms with Crippen LogP contribution in [0.25, 0.3) is 0 Å². The van der Waals surface area contributed by atoms with Crippen LogP contribution in [-0.4, -0.2) is 11.8 Å². The van der Waals surface area contributed by atoms with E-state index in [1.54, 1.807) is 8.58 Å². The summed E-state index contributed by atoms with van der Waals surface area (Å²) in [6, 6.07) is 11.0. The van der Waals surface area contributed by atoms with E-state index in [2.05, 4.69) is 30.3 Å². The molecule has 1 aliphatic rings. The lowest BCUT2D eigenvalue weighted by Gasteiger charge is -2.14. The molecule has 1 saturated carbocycles. The molecular formula is C17H26P. The zero-order chi connectivity index (χ0) is 12.5. The molecule has 1 heteroatoms. The molecule has 2 rings (SSSR count). The Morgan fingerprint density at radius 2 is 1.44 bits per heavy atom. The third kappa shape index (κ3) is 5.53. The van der Waals surface area contributed by atoms with Crippen molar-refractivity contribution in [1.29, 1.82) is 0 Å². The average Bonchev–Trinajstić information content (AvgIpc) is 2.54. The summed E-state index contributed by atoms with van der Waals surface area (Å²) in [5, 5.41) is 0. The van der Waals surface area contributed by atoms with Crippen LogP contribution < -0.4 is 0 Å². The van der Waals surface area contributed by atoms with Crippen LogP contribution in [0.15, 0.2) is 30.3 Å². The van der Waals surface area contributed by atoms with Crippen molar-refractivity contribution in [3.05, 3.63) is 35.9 Å². The van der Waals surface area contributed by atoms with E-state index < -0.39 is 0 Å². The van der Waals surface area contributed by atoms with E-state index in [4.69, 9.17) is 0 Å². The number of hydrogen-bond donors (Lipinski definition) is 0. The van der Waals surface area contributed by atoms with Gasteiger partial charge in [0.25, 0.3) is 0 Å². The lowest BCUT2D eigenvalue weighted by Crippen LogP contribution is -2.02. The minimum atomic E-state index is 0.992. The second kappa shape index (κ2) is 8.70. The van der Waals surface area contributed by atoms with Gasteiger partial charge in [0.05, 0.1) is 0 Å². The topological polar surface area (TPSA) is 0 Å². The van der Waals surface area contributed by atoms with E-state index in [-0.39, 0.29) is 0 Å². The Hall–Kier alpha value is -0.350. The molecule has 0 heterocycles. The summed E-state index contributed by atoms with van der Waals surface area (Å²) in [5.41, 5.74) is 2.50. The van der Waals surface area contributed by atoms with Gasteiger partial charge < -0.3 is 0 Å². The molecular weight excluding hydrogens is 235 g/mol. The van der Waals surface area contributed by atoms with Gasteiger partial charge in [0.1, 0.15) is 0 Å². The van der Waals surface area contributed by atoms with Crippen molar-refractivity contribution >= 4 is 8.58 Å². The zero-order valence-electron chi connectivity index (χ0n) is 11.5. The van der Waals surface area contributed by atoms with Gasteiger partial charge in [-0.3, -0.25) is 0 Å². The van der Waals surface area contributed by atoms with Crippen molar-refractivity contribution in [1.82, 2.24) is 0 Å². The van der Waals surface area contributed by atoms with Gasteiger partial charge in [-0.1, -0.05) is 77.4 Å². The maximum Gasteiger partial charge on any atom is -0.0170 e. The normalized spacial score (nSPS) is 19.6. The molecule has 1 fully saturated rings. The van der Waals surface area contributed by atoms with Crippen molar-refractivity contribution in [3.63, 3.8) is 0 Å². The minimum absolute atomic E-state index is 0.992. The van der Waals surface area contributed by atoms with Gasteiger partial charge in [-0.15, -0.1) is 0 Å². The summed E-state index contributed by atoms with van der Waals surface area (Å²) >= 11 is 0. The maximum absolute atomic E-state index is 2.26. The summed E-state index contributed by atoms with van der Waals surface area (Å²) in [6.07, 6.45) is 14.4. The van der Waals surface area contributed by atoms with E-state index in [1.165, 1.54) is 69.5 Å². The number of hydrogen-bond acceptors (Lipinski definition) is 0. The van der Waals surface area contributed by atoms with Gasteiger partial charge in [0.2, 0.25) is 0 Å². The lowest BCUT2D eigenvalue weighted by molar-refractivity contribution is 0.624. The standard InChI is InChI=1S/C17H26P/c1-2-4-9-13-17(12-8-3-1)18-15-14-16-10-6-5-7-11-16/h5-7,10-11,17H,1-4,8-9,12-15H2. The Labute approximate surface area is 114 Å². The Morgan fingerprint density at radius 1 is 0.833 bits per heavy atom. The molecule has 18 heavy (non-hydrogen) atoms. The highest BCUT2D eigenvalue weighted by molar-refractivity contribution is 7.38. The van der Waals surface area contributed by atoms with Crippen molar-refractivity contribution < 1.29 is 0 Å². The van der Waals surface area contributed by atoms with E-state index in [1.807, 2.05) is 0 Å². The summed E-state index contributed by atoms with van der Waals surface area (Å²) in [5.74, 6) is 0. The highest BCUT2D eigenvalue weighted by atomic mass is 31.1. The van der Waals surface area contributed by atoms with E-state index >= 15 is 0 Å². The molecule has 1 aromatic rings. The van der Waals surface area contributed by atoms with Gasteiger partial charge in [-0.05, 0) is 36.6 Å². The molecule has 99 valence electrons. The molecule has 0 unspecified atom stereocenters. The third-order valence-corrected chi connectivity index (χ3v) is 5.47. The predicted molar refractivity (Wildman–Crippen MR) is 82.7 cm³/mol. The van der Waals surface area contributed by atoms with Crippen LogP contribution in [0, 0.1) is 0 Å². The zero-order valence-corrected chi connectivity index (χ0v) is 12.4. The average molecular weight is 261 g/mol. The highest BCUT2D eigenvalue weighted by Gasteiger charge is 2.10. The van der Waals surface area contributed by atoms with Crippen molar-refractivity contribution in [2.24, 2.45) is 0 Å². The molecule has 0 atom stereocenters. The number of benzene rings is 1. The predicted octanol–water partition coefficient (Wildman–Crippen LogP) is 5.68. The highest BCUT2D eigenvalue weighted by Crippen LogP contribution is 2.31. The number of rotatable bonds is 4. The molecule has 0 aromatic heterocycles. The van der Waals surface area contributed by atoms with Crippen LogP contribution in [0.3, 0.4) is 0 Å². The first kappa shape index (κ1) is 14.1. The Kier molecular flexibility index (Phi) is 6.80. The molecule has 0 N–H and O–H groups in total. The third-order valence-electron chi connectivity index (χ3n) is 3.96. The summed E-state index contributed by atoms with van der Waals surface area (Å²) in [4.78, 5) is 0. The SMILES string of the molecule is c1ccc(CC[P]C2CCCCCCCC2)cc1. The van der Waals surface area contributed by atoms with Crippen LogP contribution in [0.1, 0.15) is 56.9 Å². The fourth-order valence-electron chi connectivity index (χ4n) is 2.81. The first-order valence-electron chi connectivity index (χ1n) is 7.66. The Morgan fingerprint density at radius 3 is 2.11 bits per heavy atom. The number of aryl methyl sites for hydroxylation is 1. The molecule has 1 aromatic carbocycles. The second-order valence-electron chi connectivity index (χ2n) is 5.49. The Balaban J connectivity index is 1.67. The largest absolute Gasteiger partial charge is 0.0772 e. The monoisotopic (exact) mass is 261 g/mol. The van der Waals surface area contributed by atoms with Gasteiger partial charge in [0, 0.05) is 0 Å². The molecule has 1 aliphatic carbocycles. The molecule has 0 bridgehead atoms. The minimum Gasteiger partial charge on any atom is -0.0772 e. The second-order valence-corrected chi connectivity index (χ2v) is 7.04. The van der Waals surface area contributed by atoms with Crippen LogP contribution in [-0.2, 0) is 6.42 Å². The fraction of sp³-hybridized carbons (Fsp3) is 0.647. The molecule has 1 radical (unpaired) electrons. The van der Waals surface area contributed by atoms with Crippen LogP contribution in [0.2, 0.25) is 0 Å². The maximum atomic E-state index is 2.26. The summed E-state index contributed by atoms with van der Waals surface area (Å²) < 4.78 is 0. The van der Waals surface area contributed by atoms with Crippen LogP contribution >= 0.6 is 8.58 Å². The molecule has 0 aliphatic heterocycles. The summed E-state index contributed by atoms with van der Waals surface area (Å²) in [6.45, 7) is 0. The summed E-state index contributed by atoms with van der Waals surface area (Å²) in [7, 11) is 1.71. The quantitative estimate of drug-likeness (QED) is 0.612. The molecule has 0 amide bonds. The Bertz CT molecular complexity index is 297. The van der Waals surface area contributed by atoms with Gasteiger partial charge in [-0.25, -0.2) is 0 Å². The first-order chi connectivity index (χ1) is 8.95. The van der Waals surface area contributed by atoms with Crippen LogP contribution in [0.4, 0.5) is 0 Å². The van der Waals surface area contributed by atoms with Crippen LogP contribution in [0.5, 0.6) is 0 Å². The van der Waals surface area contributed by atoms with Gasteiger partial charge >= 0.3 is 0 Å². The fourth-order valence-corrected chi connectivity index (χ4v) is 4.30. The molecule has 0 saturated heterocycles. The first-order valence-corrected chi connectivity index (χ1v) is 8.80. The van der Waals surface area contributed by atoms with Gasteiger partial charge in [-0.2, -0.15) is 0 Å². The lowest BCUT2D eigenvalue weighted by atomic mass is 10.1.